The molecule has 1 aliphatic carbocycles. The highest BCUT2D eigenvalue weighted by atomic mass is 32.2. The quantitative estimate of drug-likeness (QED) is 0.911. The van der Waals surface area contributed by atoms with E-state index in [1.165, 1.54) is 29.5 Å². The smallest absolute Gasteiger partial charge is 0.256 e. The Balaban J connectivity index is 1.91. The first-order chi connectivity index (χ1) is 11.4. The second-order valence-corrected chi connectivity index (χ2v) is 8.90. The maximum absolute atomic E-state index is 12.5. The second kappa shape index (κ2) is 6.38. The van der Waals surface area contributed by atoms with Crippen molar-refractivity contribution in [1.29, 1.82) is 5.26 Å². The van der Waals surface area contributed by atoms with Crippen LogP contribution in [0.4, 0.5) is 5.00 Å². The highest BCUT2D eigenvalue weighted by molar-refractivity contribution is 7.90. The van der Waals surface area contributed by atoms with Crippen molar-refractivity contribution in [3.63, 3.8) is 0 Å². The summed E-state index contributed by atoms with van der Waals surface area (Å²) in [4.78, 5) is 13.7. The number of hydrogen-bond donors (Lipinski definition) is 1. The number of thiophene rings is 1. The molecule has 0 aliphatic heterocycles. The summed E-state index contributed by atoms with van der Waals surface area (Å²) in [5.41, 5.74) is 1.85. The highest BCUT2D eigenvalue weighted by Gasteiger charge is 2.22. The Morgan fingerprint density at radius 2 is 2.04 bits per heavy atom. The van der Waals surface area contributed by atoms with Gasteiger partial charge in [0.2, 0.25) is 0 Å². The Labute approximate surface area is 144 Å². The Kier molecular flexibility index (Phi) is 4.43. The average molecular weight is 360 g/mol. The zero-order valence-electron chi connectivity index (χ0n) is 13.1. The highest BCUT2D eigenvalue weighted by Crippen LogP contribution is 2.37. The molecule has 0 atom stereocenters. The van der Waals surface area contributed by atoms with Crippen LogP contribution in [-0.4, -0.2) is 20.6 Å². The lowest BCUT2D eigenvalue weighted by Crippen LogP contribution is -2.12. The van der Waals surface area contributed by atoms with Crippen LogP contribution >= 0.6 is 11.3 Å². The van der Waals surface area contributed by atoms with E-state index in [-0.39, 0.29) is 10.5 Å². The summed E-state index contributed by atoms with van der Waals surface area (Å²) < 4.78 is 23.3. The minimum atomic E-state index is -3.38. The van der Waals surface area contributed by atoms with Crippen LogP contribution < -0.4 is 5.32 Å². The fraction of sp³-hybridized carbons (Fsp3) is 0.294. The van der Waals surface area contributed by atoms with E-state index in [1.54, 1.807) is 6.07 Å². The number of carbonyl (C=O) groups excluding carboxylic acids is 1. The third-order valence-electron chi connectivity index (χ3n) is 4.03. The van der Waals surface area contributed by atoms with Gasteiger partial charge in [0.1, 0.15) is 11.1 Å². The predicted octanol–water partition coefficient (Wildman–Crippen LogP) is 3.15. The van der Waals surface area contributed by atoms with E-state index in [0.717, 1.165) is 42.4 Å². The Morgan fingerprint density at radius 3 is 2.75 bits per heavy atom. The molecule has 7 heteroatoms. The molecule has 0 radical (unpaired) electrons. The summed E-state index contributed by atoms with van der Waals surface area (Å²) in [6.07, 6.45) is 5.07. The number of nitriles is 1. The normalized spacial score (nSPS) is 13.8. The molecule has 0 saturated carbocycles. The van der Waals surface area contributed by atoms with Crippen LogP contribution in [0.3, 0.4) is 0 Å². The molecule has 2 aromatic rings. The van der Waals surface area contributed by atoms with Gasteiger partial charge in [0.25, 0.3) is 5.91 Å². The fourth-order valence-corrected chi connectivity index (χ4v) is 4.72. The van der Waals surface area contributed by atoms with E-state index in [9.17, 15) is 18.5 Å². The number of nitrogens with one attached hydrogen (secondary N) is 1. The molecule has 1 heterocycles. The average Bonchev–Trinajstić information content (AvgIpc) is 2.91. The lowest BCUT2D eigenvalue weighted by molar-refractivity contribution is 0.102. The molecular weight excluding hydrogens is 344 g/mol. The Bertz CT molecular complexity index is 953. The van der Waals surface area contributed by atoms with Crippen molar-refractivity contribution in [2.24, 2.45) is 0 Å². The van der Waals surface area contributed by atoms with Gasteiger partial charge in [-0.05, 0) is 49.4 Å². The van der Waals surface area contributed by atoms with Crippen molar-refractivity contribution < 1.29 is 13.2 Å². The third kappa shape index (κ3) is 3.21. The minimum absolute atomic E-state index is 0.0983. The number of sulfone groups is 1. The molecule has 0 fully saturated rings. The SMILES string of the molecule is CS(=O)(=O)c1cccc(C(=O)Nc2sc3c(c2C#N)CCCC3)c1. The van der Waals surface area contributed by atoms with Crippen LogP contribution in [0.25, 0.3) is 0 Å². The lowest BCUT2D eigenvalue weighted by Gasteiger charge is -2.09. The molecular formula is C17H16N2O3S2. The zero-order chi connectivity index (χ0) is 17.3. The lowest BCUT2D eigenvalue weighted by atomic mass is 9.96. The van der Waals surface area contributed by atoms with Gasteiger partial charge < -0.3 is 5.32 Å². The maximum Gasteiger partial charge on any atom is 0.256 e. The van der Waals surface area contributed by atoms with E-state index in [1.807, 2.05) is 0 Å². The number of carbonyl (C=O) groups is 1. The first-order valence-corrected chi connectivity index (χ1v) is 10.3. The van der Waals surface area contributed by atoms with Gasteiger partial charge in [-0.3, -0.25) is 4.79 Å². The van der Waals surface area contributed by atoms with Gasteiger partial charge >= 0.3 is 0 Å². The molecule has 1 aliphatic rings. The van der Waals surface area contributed by atoms with Crippen molar-refractivity contribution in [3.8, 4) is 6.07 Å². The van der Waals surface area contributed by atoms with E-state index >= 15 is 0 Å². The first-order valence-electron chi connectivity index (χ1n) is 7.56. The second-order valence-electron chi connectivity index (χ2n) is 5.78. The monoisotopic (exact) mass is 360 g/mol. The van der Waals surface area contributed by atoms with Crippen molar-refractivity contribution >= 4 is 32.1 Å². The summed E-state index contributed by atoms with van der Waals surface area (Å²) in [6, 6.07) is 8.10. The number of aryl methyl sites for hydroxylation is 1. The number of nitrogens with zero attached hydrogens (tertiary/aromatic N) is 1. The molecule has 124 valence electrons. The van der Waals surface area contributed by atoms with Crippen molar-refractivity contribution in [2.45, 2.75) is 30.6 Å². The van der Waals surface area contributed by atoms with Crippen molar-refractivity contribution in [2.75, 3.05) is 11.6 Å². The number of anilines is 1. The molecule has 24 heavy (non-hydrogen) atoms. The van der Waals surface area contributed by atoms with Crippen LogP contribution in [-0.2, 0) is 22.7 Å². The predicted molar refractivity (Wildman–Crippen MR) is 93.2 cm³/mol. The largest absolute Gasteiger partial charge is 0.312 e. The van der Waals surface area contributed by atoms with Gasteiger partial charge in [0, 0.05) is 16.7 Å². The van der Waals surface area contributed by atoms with Gasteiger partial charge in [-0.25, -0.2) is 8.42 Å². The number of hydrogen-bond acceptors (Lipinski definition) is 5. The molecule has 1 amide bonds. The summed E-state index contributed by atoms with van der Waals surface area (Å²) in [5, 5.41) is 12.8. The Morgan fingerprint density at radius 1 is 1.29 bits per heavy atom. The molecule has 1 aromatic carbocycles. The number of benzene rings is 1. The molecule has 0 bridgehead atoms. The number of amides is 1. The zero-order valence-corrected chi connectivity index (χ0v) is 14.8. The Hall–Kier alpha value is -2.17. The topological polar surface area (TPSA) is 87.0 Å². The standard InChI is InChI=1S/C17H16N2O3S2/c1-24(21,22)12-6-4-5-11(9-12)16(20)19-17-14(10-18)13-7-2-3-8-15(13)23-17/h4-6,9H,2-3,7-8H2,1H3,(H,19,20). The molecule has 0 saturated heterocycles. The fourth-order valence-electron chi connectivity index (χ4n) is 2.82. The van der Waals surface area contributed by atoms with Crippen molar-refractivity contribution in [3.05, 3.63) is 45.8 Å². The number of fused-ring (bicyclic) bond motifs is 1. The summed E-state index contributed by atoms with van der Waals surface area (Å²) in [7, 11) is -3.38. The van der Waals surface area contributed by atoms with Crippen LogP contribution in [0.15, 0.2) is 29.2 Å². The van der Waals surface area contributed by atoms with E-state index in [4.69, 9.17) is 0 Å². The molecule has 0 spiro atoms. The van der Waals surface area contributed by atoms with Gasteiger partial charge in [-0.1, -0.05) is 6.07 Å². The molecule has 0 unspecified atom stereocenters. The maximum atomic E-state index is 12.5. The van der Waals surface area contributed by atoms with Crippen LogP contribution in [0.5, 0.6) is 0 Å². The van der Waals surface area contributed by atoms with E-state index in [2.05, 4.69) is 11.4 Å². The molecule has 5 nitrogen and oxygen atoms in total. The number of rotatable bonds is 3. The minimum Gasteiger partial charge on any atom is -0.312 e. The van der Waals surface area contributed by atoms with Crippen molar-refractivity contribution in [1.82, 2.24) is 0 Å². The van der Waals surface area contributed by atoms with Gasteiger partial charge in [-0.15, -0.1) is 11.3 Å². The molecule has 1 N–H and O–H groups in total. The molecule has 1 aromatic heterocycles. The van der Waals surface area contributed by atoms with Crippen LogP contribution in [0, 0.1) is 11.3 Å². The van der Waals surface area contributed by atoms with E-state index in [0.29, 0.717) is 10.6 Å². The summed E-state index contributed by atoms with van der Waals surface area (Å²) >= 11 is 1.45. The van der Waals surface area contributed by atoms with Gasteiger partial charge in [0.15, 0.2) is 9.84 Å². The first kappa shape index (κ1) is 16.7. The van der Waals surface area contributed by atoms with Crippen LogP contribution in [0.2, 0.25) is 0 Å². The third-order valence-corrected chi connectivity index (χ3v) is 6.35. The summed E-state index contributed by atoms with van der Waals surface area (Å²) in [5.74, 6) is -0.407. The van der Waals surface area contributed by atoms with Gasteiger partial charge in [0.05, 0.1) is 10.5 Å². The van der Waals surface area contributed by atoms with Crippen LogP contribution in [0.1, 0.15) is 39.2 Å². The summed E-state index contributed by atoms with van der Waals surface area (Å²) in [6.45, 7) is 0. The molecule has 3 rings (SSSR count). The van der Waals surface area contributed by atoms with Gasteiger partial charge in [-0.2, -0.15) is 5.26 Å². The van der Waals surface area contributed by atoms with E-state index < -0.39 is 15.7 Å².